The molecule has 8 nitrogen and oxygen atoms in total. The lowest BCUT2D eigenvalue weighted by Crippen LogP contribution is -2.12. The van der Waals surface area contributed by atoms with Crippen molar-refractivity contribution >= 4 is 23.1 Å². The summed E-state index contributed by atoms with van der Waals surface area (Å²) in [6.45, 7) is 0. The lowest BCUT2D eigenvalue weighted by molar-refractivity contribution is -0.389. The summed E-state index contributed by atoms with van der Waals surface area (Å²) < 4.78 is 5.00. The molecule has 0 atom stereocenters. The number of nitro groups is 1. The largest absolute Gasteiger partial charge is 0.495 e. The lowest BCUT2D eigenvalue weighted by atomic mass is 10.2. The Morgan fingerprint density at radius 3 is 2.70 bits per heavy atom. The van der Waals surface area contributed by atoms with Gasteiger partial charge in [0.2, 0.25) is 0 Å². The fraction of sp³-hybridized carbons (Fsp3) is 0.0833. The molecule has 0 spiro atoms. The van der Waals surface area contributed by atoms with Gasteiger partial charge in [0.05, 0.1) is 12.8 Å². The molecule has 0 fully saturated rings. The van der Waals surface area contributed by atoms with Crippen molar-refractivity contribution in [2.45, 2.75) is 0 Å². The van der Waals surface area contributed by atoms with Crippen molar-refractivity contribution in [3.05, 3.63) is 46.1 Å². The molecule has 0 aliphatic heterocycles. The highest BCUT2D eigenvalue weighted by Gasteiger charge is 2.15. The number of amides is 1. The molecular weight excluding hydrogens is 264 g/mol. The first-order chi connectivity index (χ1) is 9.51. The first kappa shape index (κ1) is 13.4. The molecule has 20 heavy (non-hydrogen) atoms. The van der Waals surface area contributed by atoms with Crippen molar-refractivity contribution in [1.82, 2.24) is 4.98 Å². The Labute approximate surface area is 113 Å². The van der Waals surface area contributed by atoms with Crippen LogP contribution >= 0.6 is 0 Å². The van der Waals surface area contributed by atoms with Crippen LogP contribution < -0.4 is 15.8 Å². The second kappa shape index (κ2) is 5.31. The molecule has 0 saturated carbocycles. The molecule has 1 heterocycles. The Kier molecular flexibility index (Phi) is 3.56. The third-order valence-corrected chi connectivity index (χ3v) is 2.60. The number of nitrogens with one attached hydrogen (secondary N) is 2. The average Bonchev–Trinajstić information content (AvgIpc) is 2.88. The predicted molar refractivity (Wildman–Crippen MR) is 72.8 cm³/mol. The molecule has 1 aromatic heterocycles. The zero-order chi connectivity index (χ0) is 14.7. The fourth-order valence-electron chi connectivity index (χ4n) is 1.63. The number of anilines is 2. The van der Waals surface area contributed by atoms with E-state index >= 15 is 0 Å². The van der Waals surface area contributed by atoms with E-state index in [0.29, 0.717) is 17.1 Å². The number of aromatic amines is 1. The first-order valence-electron chi connectivity index (χ1n) is 5.59. The fourth-order valence-corrected chi connectivity index (χ4v) is 1.63. The van der Waals surface area contributed by atoms with E-state index in [1.807, 2.05) is 0 Å². The topological polar surface area (TPSA) is 123 Å². The molecule has 0 unspecified atom stereocenters. The van der Waals surface area contributed by atoms with Crippen LogP contribution in [0.15, 0.2) is 30.3 Å². The summed E-state index contributed by atoms with van der Waals surface area (Å²) >= 11 is 0. The molecule has 1 amide bonds. The maximum Gasteiger partial charge on any atom is 0.321 e. The van der Waals surface area contributed by atoms with Crippen molar-refractivity contribution < 1.29 is 14.5 Å². The average molecular weight is 276 g/mol. The van der Waals surface area contributed by atoms with Gasteiger partial charge < -0.3 is 25.9 Å². The highest BCUT2D eigenvalue weighted by atomic mass is 16.6. The summed E-state index contributed by atoms with van der Waals surface area (Å²) in [7, 11) is 1.49. The SMILES string of the molecule is COc1ccc(NC(=O)c2ccc([N+](=O)[O-])[nH]2)cc1N. The zero-order valence-corrected chi connectivity index (χ0v) is 10.5. The molecule has 2 aromatic rings. The van der Waals surface area contributed by atoms with Gasteiger partial charge in [0.25, 0.3) is 5.91 Å². The number of benzene rings is 1. The molecule has 0 bridgehead atoms. The minimum absolute atomic E-state index is 0.0890. The Morgan fingerprint density at radius 2 is 2.15 bits per heavy atom. The van der Waals surface area contributed by atoms with E-state index in [1.165, 1.54) is 25.3 Å². The summed E-state index contributed by atoms with van der Waals surface area (Å²) in [5.41, 5.74) is 6.65. The number of hydrogen-bond acceptors (Lipinski definition) is 5. The summed E-state index contributed by atoms with van der Waals surface area (Å²) in [5.74, 6) is -0.245. The summed E-state index contributed by atoms with van der Waals surface area (Å²) in [6, 6.07) is 7.32. The summed E-state index contributed by atoms with van der Waals surface area (Å²) in [5, 5.41) is 13.1. The maximum atomic E-state index is 11.9. The van der Waals surface area contributed by atoms with E-state index < -0.39 is 10.8 Å². The van der Waals surface area contributed by atoms with Crippen molar-refractivity contribution in [2.75, 3.05) is 18.2 Å². The number of carbonyl (C=O) groups is 1. The van der Waals surface area contributed by atoms with Crippen molar-refractivity contribution in [3.63, 3.8) is 0 Å². The van der Waals surface area contributed by atoms with Crippen LogP contribution in [0.4, 0.5) is 17.2 Å². The van der Waals surface area contributed by atoms with E-state index in [2.05, 4.69) is 10.3 Å². The number of nitrogen functional groups attached to an aromatic ring is 1. The molecule has 0 saturated heterocycles. The van der Waals surface area contributed by atoms with Crippen LogP contribution in [0, 0.1) is 10.1 Å². The van der Waals surface area contributed by atoms with Crippen LogP contribution in [0.1, 0.15) is 10.5 Å². The van der Waals surface area contributed by atoms with Crippen molar-refractivity contribution in [2.24, 2.45) is 0 Å². The van der Waals surface area contributed by atoms with Gasteiger partial charge in [0.15, 0.2) is 5.69 Å². The quantitative estimate of drug-likeness (QED) is 0.446. The normalized spacial score (nSPS) is 10.1. The molecule has 0 radical (unpaired) electrons. The minimum atomic E-state index is -0.609. The molecule has 1 aromatic carbocycles. The van der Waals surface area contributed by atoms with Gasteiger partial charge in [0, 0.05) is 11.8 Å². The molecule has 4 N–H and O–H groups in total. The second-order valence-corrected chi connectivity index (χ2v) is 3.93. The van der Waals surface area contributed by atoms with Gasteiger partial charge in [-0.05, 0) is 29.2 Å². The molecule has 0 aliphatic rings. The molecule has 8 heteroatoms. The van der Waals surface area contributed by atoms with Crippen LogP contribution in [0.3, 0.4) is 0 Å². The number of carbonyl (C=O) groups excluding carboxylic acids is 1. The highest BCUT2D eigenvalue weighted by molar-refractivity contribution is 6.03. The number of nitrogens with zero attached hydrogens (tertiary/aromatic N) is 1. The number of nitrogens with two attached hydrogens (primary N) is 1. The van der Waals surface area contributed by atoms with Gasteiger partial charge >= 0.3 is 5.82 Å². The predicted octanol–water partition coefficient (Wildman–Crippen LogP) is 1.77. The monoisotopic (exact) mass is 276 g/mol. The van der Waals surface area contributed by atoms with E-state index in [9.17, 15) is 14.9 Å². The highest BCUT2D eigenvalue weighted by Crippen LogP contribution is 2.24. The van der Waals surface area contributed by atoms with Gasteiger partial charge in [-0.2, -0.15) is 0 Å². The second-order valence-electron chi connectivity index (χ2n) is 3.93. The van der Waals surface area contributed by atoms with E-state index in [0.717, 1.165) is 0 Å². The number of methoxy groups -OCH3 is 1. The van der Waals surface area contributed by atoms with Crippen LogP contribution in [0.5, 0.6) is 5.75 Å². The summed E-state index contributed by atoms with van der Waals surface area (Å²) in [4.78, 5) is 24.2. The molecule has 0 aliphatic carbocycles. The van der Waals surface area contributed by atoms with E-state index in [-0.39, 0.29) is 11.5 Å². The summed E-state index contributed by atoms with van der Waals surface area (Å²) in [6.07, 6.45) is 0. The third kappa shape index (κ3) is 2.69. The van der Waals surface area contributed by atoms with E-state index in [4.69, 9.17) is 10.5 Å². The molecule has 104 valence electrons. The number of hydrogen-bond donors (Lipinski definition) is 3. The Bertz CT molecular complexity index is 665. The van der Waals surface area contributed by atoms with Gasteiger partial charge in [-0.25, -0.2) is 4.98 Å². The number of ether oxygens (including phenoxy) is 1. The number of aromatic nitrogens is 1. The van der Waals surface area contributed by atoms with E-state index in [1.54, 1.807) is 12.1 Å². The smallest absolute Gasteiger partial charge is 0.321 e. The zero-order valence-electron chi connectivity index (χ0n) is 10.5. The van der Waals surface area contributed by atoms with Crippen LogP contribution in [0.2, 0.25) is 0 Å². The number of H-pyrrole nitrogens is 1. The minimum Gasteiger partial charge on any atom is -0.495 e. The molecular formula is C12H12N4O4. The number of rotatable bonds is 4. The molecule has 2 rings (SSSR count). The Balaban J connectivity index is 2.14. The Morgan fingerprint density at radius 1 is 1.40 bits per heavy atom. The van der Waals surface area contributed by atoms with Crippen molar-refractivity contribution in [1.29, 1.82) is 0 Å². The van der Waals surface area contributed by atoms with Gasteiger partial charge in [-0.1, -0.05) is 0 Å². The van der Waals surface area contributed by atoms with Gasteiger partial charge in [0.1, 0.15) is 5.75 Å². The van der Waals surface area contributed by atoms with Crippen molar-refractivity contribution in [3.8, 4) is 5.75 Å². The first-order valence-corrected chi connectivity index (χ1v) is 5.59. The third-order valence-electron chi connectivity index (χ3n) is 2.60. The van der Waals surface area contributed by atoms with Gasteiger partial charge in [-0.3, -0.25) is 4.79 Å². The van der Waals surface area contributed by atoms with Crippen LogP contribution in [-0.2, 0) is 0 Å². The standard InChI is InChI=1S/C12H12N4O4/c1-20-10-4-2-7(6-8(10)13)14-12(17)9-3-5-11(15-9)16(18)19/h2-6,15H,13H2,1H3,(H,14,17). The van der Waals surface area contributed by atoms with Crippen LogP contribution in [0.25, 0.3) is 0 Å². The maximum absolute atomic E-state index is 11.9. The van der Waals surface area contributed by atoms with Crippen LogP contribution in [-0.4, -0.2) is 22.9 Å². The van der Waals surface area contributed by atoms with Gasteiger partial charge in [-0.15, -0.1) is 0 Å². The lowest BCUT2D eigenvalue weighted by Gasteiger charge is -2.07. The Hall–Kier alpha value is -3.03.